The van der Waals surface area contributed by atoms with Gasteiger partial charge < -0.3 is 34.1 Å². The summed E-state index contributed by atoms with van der Waals surface area (Å²) in [6.07, 6.45) is 2.48. The minimum atomic E-state index is -4.64. The van der Waals surface area contributed by atoms with Crippen molar-refractivity contribution < 1.29 is 43.2 Å². The first kappa shape index (κ1) is 19.5. The summed E-state index contributed by atoms with van der Waals surface area (Å²) in [7, 11) is -9.28. The van der Waals surface area contributed by atoms with Crippen LogP contribution in [0.5, 0.6) is 0 Å². The number of phosphoric acid groups is 2. The Kier molecular flexibility index (Phi) is 8.70. The van der Waals surface area contributed by atoms with E-state index in [1.54, 1.807) is 0 Å². The lowest BCUT2D eigenvalue weighted by atomic mass is 10.1. The third-order valence-corrected chi connectivity index (χ3v) is 1.42. The molecule has 0 radical (unpaired) electrons. The predicted octanol–water partition coefficient (Wildman–Crippen LogP) is -0.282. The van der Waals surface area contributed by atoms with Crippen LogP contribution in [0.15, 0.2) is 0 Å². The molecule has 0 aromatic carbocycles. The molecule has 1 saturated heterocycles. The maximum absolute atomic E-state index is 8.88. The van der Waals surface area contributed by atoms with E-state index in [1.165, 1.54) is 12.8 Å². The van der Waals surface area contributed by atoms with Gasteiger partial charge in [0.25, 0.3) is 0 Å². The highest BCUT2D eigenvalue weighted by Gasteiger charge is 2.37. The predicted molar refractivity (Wildman–Crippen MR) is 57.8 cm³/mol. The molecule has 0 aliphatic carbocycles. The van der Waals surface area contributed by atoms with Crippen molar-refractivity contribution in [2.45, 2.75) is 32.3 Å². The topological polar surface area (TPSA) is 168 Å². The molecule has 1 fully saturated rings. The second-order valence-electron chi connectivity index (χ2n) is 3.52. The molecule has 0 bridgehead atoms. The van der Waals surface area contributed by atoms with Gasteiger partial charge in [0.2, 0.25) is 0 Å². The van der Waals surface area contributed by atoms with E-state index >= 15 is 0 Å². The van der Waals surface area contributed by atoms with Crippen LogP contribution in [0.4, 0.5) is 0 Å². The van der Waals surface area contributed by atoms with Gasteiger partial charge >= 0.3 is 15.6 Å². The normalized spacial score (nSPS) is 22.8. The Hall–Kier alpha value is 0.180. The average molecular weight is 296 g/mol. The molecule has 1 aliphatic rings. The number of ether oxygens (including phenoxy) is 1. The molecular weight excluding hydrogens is 278 g/mol. The zero-order valence-electron chi connectivity index (χ0n) is 9.42. The Morgan fingerprint density at radius 1 is 1.06 bits per heavy atom. The molecule has 0 aromatic rings. The maximum atomic E-state index is 8.88. The average Bonchev–Trinajstić information content (AvgIpc) is 2.60. The second kappa shape index (κ2) is 7.58. The highest BCUT2D eigenvalue weighted by Crippen LogP contribution is 2.30. The lowest BCUT2D eigenvalue weighted by Gasteiger charge is -1.97. The first-order valence-electron chi connectivity index (χ1n) is 4.47. The van der Waals surface area contributed by atoms with E-state index < -0.39 is 15.6 Å². The van der Waals surface area contributed by atoms with Crippen molar-refractivity contribution in [3.8, 4) is 0 Å². The molecule has 9 nitrogen and oxygen atoms in total. The van der Waals surface area contributed by atoms with E-state index in [-0.39, 0.29) is 0 Å². The summed E-state index contributed by atoms with van der Waals surface area (Å²) in [4.78, 5) is 43.1. The fourth-order valence-electron chi connectivity index (χ4n) is 0.796. The van der Waals surface area contributed by atoms with E-state index in [1.807, 2.05) is 0 Å². The molecule has 0 spiro atoms. The van der Waals surface area contributed by atoms with Crippen molar-refractivity contribution in [2.24, 2.45) is 0 Å². The lowest BCUT2D eigenvalue weighted by Crippen LogP contribution is -2.01. The van der Waals surface area contributed by atoms with Gasteiger partial charge in [-0.2, -0.15) is 0 Å². The van der Waals surface area contributed by atoms with Gasteiger partial charge in [-0.3, -0.25) is 0 Å². The van der Waals surface area contributed by atoms with Crippen molar-refractivity contribution >= 4 is 15.6 Å². The van der Waals surface area contributed by atoms with Crippen LogP contribution in [0, 0.1) is 0 Å². The molecule has 0 saturated carbocycles. The minimum absolute atomic E-state index is 0.300. The first-order chi connectivity index (χ1) is 7.27. The lowest BCUT2D eigenvalue weighted by molar-refractivity contribution is 0.272. The fourth-order valence-corrected chi connectivity index (χ4v) is 0.796. The van der Waals surface area contributed by atoms with Gasteiger partial charge in [0.1, 0.15) is 0 Å². The largest absolute Gasteiger partial charge is 0.466 e. The molecular formula is C6H18O9P2. The van der Waals surface area contributed by atoms with Gasteiger partial charge in [-0.05, 0) is 13.3 Å². The highest BCUT2D eigenvalue weighted by atomic mass is 31.2. The summed E-state index contributed by atoms with van der Waals surface area (Å²) in [6.45, 7) is 5.34. The monoisotopic (exact) mass is 296 g/mol. The molecule has 11 heteroatoms. The summed E-state index contributed by atoms with van der Waals surface area (Å²) in [6, 6.07) is 0. The smallest absolute Gasteiger partial charge is 0.370 e. The second-order valence-corrected chi connectivity index (χ2v) is 5.57. The molecule has 106 valence electrons. The van der Waals surface area contributed by atoms with Crippen LogP contribution in [0.1, 0.15) is 26.7 Å². The van der Waals surface area contributed by atoms with E-state index in [0.717, 1.165) is 6.61 Å². The first-order valence-corrected chi connectivity index (χ1v) is 7.60. The van der Waals surface area contributed by atoms with Crippen LogP contribution >= 0.6 is 15.6 Å². The van der Waals surface area contributed by atoms with Crippen molar-refractivity contribution in [1.82, 2.24) is 0 Å². The van der Waals surface area contributed by atoms with Gasteiger partial charge in [-0.1, -0.05) is 13.3 Å². The molecule has 6 N–H and O–H groups in total. The number of epoxide rings is 1. The van der Waals surface area contributed by atoms with Crippen LogP contribution in [0.3, 0.4) is 0 Å². The number of hydrogen-bond donors (Lipinski definition) is 6. The summed E-state index contributed by atoms with van der Waals surface area (Å²) in [5.41, 5.74) is 0.300. The van der Waals surface area contributed by atoms with Crippen LogP contribution in [-0.2, 0) is 13.9 Å². The highest BCUT2D eigenvalue weighted by molar-refractivity contribution is 7.45. The number of hydrogen-bond acceptors (Lipinski definition) is 3. The SMILES string of the molecule is CCCC1(C)CO1.O=P(O)(O)O.O=P(O)(O)O. The maximum Gasteiger partial charge on any atom is 0.466 e. The van der Waals surface area contributed by atoms with Crippen LogP contribution in [-0.4, -0.2) is 41.6 Å². The van der Waals surface area contributed by atoms with Gasteiger partial charge in [-0.25, -0.2) is 9.13 Å². The Bertz CT molecular complexity index is 251. The van der Waals surface area contributed by atoms with E-state index in [9.17, 15) is 0 Å². The Balaban J connectivity index is 0. The van der Waals surface area contributed by atoms with Gasteiger partial charge in [-0.15, -0.1) is 0 Å². The summed E-state index contributed by atoms with van der Waals surface area (Å²) in [5.74, 6) is 0. The van der Waals surface area contributed by atoms with Gasteiger partial charge in [0.15, 0.2) is 0 Å². The molecule has 17 heavy (non-hydrogen) atoms. The Labute approximate surface area is 98.5 Å². The van der Waals surface area contributed by atoms with Gasteiger partial charge in [0, 0.05) is 0 Å². The van der Waals surface area contributed by atoms with Crippen molar-refractivity contribution in [2.75, 3.05) is 6.61 Å². The fraction of sp³-hybridized carbons (Fsp3) is 1.00. The third kappa shape index (κ3) is 38.6. The molecule has 1 heterocycles. The zero-order chi connectivity index (χ0) is 14.3. The summed E-state index contributed by atoms with van der Waals surface area (Å²) in [5, 5.41) is 0. The Morgan fingerprint density at radius 2 is 1.29 bits per heavy atom. The standard InChI is InChI=1S/C6H12O.2H3O4P/c1-3-4-6(2)5-7-6;2*1-5(2,3)4/h3-5H2,1-2H3;2*(H3,1,2,3,4). The van der Waals surface area contributed by atoms with Crippen molar-refractivity contribution in [3.63, 3.8) is 0 Å². The van der Waals surface area contributed by atoms with E-state index in [0.29, 0.717) is 5.60 Å². The quantitative estimate of drug-likeness (QED) is 0.296. The zero-order valence-corrected chi connectivity index (χ0v) is 11.2. The van der Waals surface area contributed by atoms with Gasteiger partial charge in [0.05, 0.1) is 12.2 Å². The Morgan fingerprint density at radius 3 is 1.35 bits per heavy atom. The molecule has 0 amide bonds. The molecule has 1 rings (SSSR count). The van der Waals surface area contributed by atoms with E-state index in [4.69, 9.17) is 43.2 Å². The molecule has 0 aromatic heterocycles. The van der Waals surface area contributed by atoms with Crippen molar-refractivity contribution in [3.05, 3.63) is 0 Å². The molecule has 1 aliphatic heterocycles. The van der Waals surface area contributed by atoms with Crippen LogP contribution in [0.25, 0.3) is 0 Å². The van der Waals surface area contributed by atoms with Crippen molar-refractivity contribution in [1.29, 1.82) is 0 Å². The molecule has 1 unspecified atom stereocenters. The van der Waals surface area contributed by atoms with E-state index in [2.05, 4.69) is 13.8 Å². The molecule has 1 atom stereocenters. The third-order valence-electron chi connectivity index (χ3n) is 1.42. The summed E-state index contributed by atoms with van der Waals surface area (Å²) < 4.78 is 22.9. The van der Waals surface area contributed by atoms with Crippen LogP contribution < -0.4 is 0 Å². The minimum Gasteiger partial charge on any atom is -0.370 e. The van der Waals surface area contributed by atoms with Crippen LogP contribution in [0.2, 0.25) is 0 Å². The summed E-state index contributed by atoms with van der Waals surface area (Å²) >= 11 is 0. The number of rotatable bonds is 2.